The van der Waals surface area contributed by atoms with Crippen LogP contribution in [0, 0.1) is 0 Å². The predicted molar refractivity (Wildman–Crippen MR) is 86.1 cm³/mol. The van der Waals surface area contributed by atoms with Gasteiger partial charge in [0.2, 0.25) is 0 Å². The smallest absolute Gasteiger partial charge is 0.122 e. The van der Waals surface area contributed by atoms with E-state index in [1.165, 1.54) is 11.1 Å². The molecule has 106 valence electrons. The quantitative estimate of drug-likeness (QED) is 0.798. The van der Waals surface area contributed by atoms with Crippen LogP contribution in [0.5, 0.6) is 0 Å². The summed E-state index contributed by atoms with van der Waals surface area (Å²) in [6, 6.07) is 16.4. The van der Waals surface area contributed by atoms with E-state index in [1.807, 2.05) is 30.5 Å². The van der Waals surface area contributed by atoms with E-state index in [2.05, 4.69) is 33.8 Å². The summed E-state index contributed by atoms with van der Waals surface area (Å²) >= 11 is 5.91. The van der Waals surface area contributed by atoms with E-state index < -0.39 is 0 Å². The highest BCUT2D eigenvalue weighted by molar-refractivity contribution is 6.30. The second-order valence-corrected chi connectivity index (χ2v) is 5.32. The Labute approximate surface area is 129 Å². The number of hydrogen-bond donors (Lipinski definition) is 1. The molecular weight excluding hydrogens is 282 g/mol. The van der Waals surface area contributed by atoms with Crippen LogP contribution in [0.2, 0.25) is 5.02 Å². The van der Waals surface area contributed by atoms with Gasteiger partial charge in [-0.1, -0.05) is 48.0 Å². The first-order valence-electron chi connectivity index (χ1n) is 6.81. The molecule has 0 amide bonds. The van der Waals surface area contributed by atoms with Crippen molar-refractivity contribution in [2.75, 3.05) is 0 Å². The molecule has 0 atom stereocenters. The van der Waals surface area contributed by atoms with Crippen LogP contribution in [0.25, 0.3) is 11.1 Å². The Bertz CT molecular complexity index is 715. The van der Waals surface area contributed by atoms with E-state index in [1.54, 1.807) is 6.20 Å². The SMILES string of the molecule is NCc1nccn1Cc1ccc(-c2ccc(Cl)cc2)cc1. The largest absolute Gasteiger partial charge is 0.329 e. The third kappa shape index (κ3) is 3.15. The van der Waals surface area contributed by atoms with Gasteiger partial charge in [0.25, 0.3) is 0 Å². The van der Waals surface area contributed by atoms with Gasteiger partial charge in [-0.25, -0.2) is 4.98 Å². The van der Waals surface area contributed by atoms with Crippen LogP contribution in [-0.4, -0.2) is 9.55 Å². The maximum absolute atomic E-state index is 5.91. The first-order chi connectivity index (χ1) is 10.3. The Kier molecular flexibility index (Phi) is 4.04. The highest BCUT2D eigenvalue weighted by Gasteiger charge is 2.02. The molecule has 3 rings (SSSR count). The molecule has 0 unspecified atom stereocenters. The molecule has 0 aliphatic heterocycles. The average molecular weight is 298 g/mol. The van der Waals surface area contributed by atoms with Crippen LogP contribution in [0.3, 0.4) is 0 Å². The summed E-state index contributed by atoms with van der Waals surface area (Å²) in [5, 5.41) is 0.754. The lowest BCUT2D eigenvalue weighted by molar-refractivity contribution is 0.724. The summed E-state index contributed by atoms with van der Waals surface area (Å²) in [6.07, 6.45) is 3.74. The van der Waals surface area contributed by atoms with Crippen molar-refractivity contribution in [2.24, 2.45) is 5.73 Å². The number of imidazole rings is 1. The van der Waals surface area contributed by atoms with Gasteiger partial charge in [-0.15, -0.1) is 0 Å². The topological polar surface area (TPSA) is 43.8 Å². The fraction of sp³-hybridized carbons (Fsp3) is 0.118. The number of rotatable bonds is 4. The number of nitrogens with zero attached hydrogens (tertiary/aromatic N) is 2. The molecule has 3 aromatic rings. The van der Waals surface area contributed by atoms with Crippen molar-refractivity contribution < 1.29 is 0 Å². The van der Waals surface area contributed by atoms with Crippen molar-refractivity contribution in [3.8, 4) is 11.1 Å². The van der Waals surface area contributed by atoms with Crippen molar-refractivity contribution in [1.82, 2.24) is 9.55 Å². The van der Waals surface area contributed by atoms with E-state index >= 15 is 0 Å². The highest BCUT2D eigenvalue weighted by atomic mass is 35.5. The highest BCUT2D eigenvalue weighted by Crippen LogP contribution is 2.22. The van der Waals surface area contributed by atoms with Crippen LogP contribution < -0.4 is 5.73 Å². The second kappa shape index (κ2) is 6.12. The molecule has 3 nitrogen and oxygen atoms in total. The first-order valence-corrected chi connectivity index (χ1v) is 7.19. The van der Waals surface area contributed by atoms with Gasteiger partial charge < -0.3 is 10.3 Å². The standard InChI is InChI=1S/C17H16ClN3/c18-16-7-5-15(6-8-16)14-3-1-13(2-4-14)12-21-10-9-20-17(21)11-19/h1-10H,11-12,19H2. The first kappa shape index (κ1) is 13.9. The van der Waals surface area contributed by atoms with Gasteiger partial charge in [0, 0.05) is 24.0 Å². The molecule has 1 heterocycles. The molecule has 0 radical (unpaired) electrons. The summed E-state index contributed by atoms with van der Waals surface area (Å²) in [7, 11) is 0. The summed E-state index contributed by atoms with van der Waals surface area (Å²) in [5.41, 5.74) is 9.23. The van der Waals surface area contributed by atoms with E-state index in [4.69, 9.17) is 17.3 Å². The van der Waals surface area contributed by atoms with Crippen LogP contribution in [0.15, 0.2) is 60.9 Å². The molecule has 4 heteroatoms. The van der Waals surface area contributed by atoms with Gasteiger partial charge in [-0.3, -0.25) is 0 Å². The zero-order valence-electron chi connectivity index (χ0n) is 11.5. The molecule has 21 heavy (non-hydrogen) atoms. The van der Waals surface area contributed by atoms with Crippen LogP contribution in [-0.2, 0) is 13.1 Å². The normalized spacial score (nSPS) is 10.8. The minimum Gasteiger partial charge on any atom is -0.329 e. The minimum atomic E-state index is 0.454. The summed E-state index contributed by atoms with van der Waals surface area (Å²) in [4.78, 5) is 4.23. The zero-order chi connectivity index (χ0) is 14.7. The zero-order valence-corrected chi connectivity index (χ0v) is 12.3. The molecule has 0 saturated heterocycles. The van der Waals surface area contributed by atoms with Crippen LogP contribution in [0.4, 0.5) is 0 Å². The van der Waals surface area contributed by atoms with E-state index in [0.717, 1.165) is 23.0 Å². The molecule has 2 N–H and O–H groups in total. The van der Waals surface area contributed by atoms with E-state index in [-0.39, 0.29) is 0 Å². The monoisotopic (exact) mass is 297 g/mol. The maximum atomic E-state index is 5.91. The Morgan fingerprint density at radius 2 is 1.57 bits per heavy atom. The number of aromatic nitrogens is 2. The number of nitrogens with two attached hydrogens (primary N) is 1. The number of benzene rings is 2. The van der Waals surface area contributed by atoms with E-state index in [0.29, 0.717) is 6.54 Å². The van der Waals surface area contributed by atoms with Gasteiger partial charge >= 0.3 is 0 Å². The van der Waals surface area contributed by atoms with Gasteiger partial charge in [0.1, 0.15) is 5.82 Å². The van der Waals surface area contributed by atoms with Crippen molar-refractivity contribution in [1.29, 1.82) is 0 Å². The molecule has 0 spiro atoms. The van der Waals surface area contributed by atoms with Gasteiger partial charge in [-0.05, 0) is 28.8 Å². The predicted octanol–water partition coefficient (Wildman–Crippen LogP) is 3.71. The molecule has 0 aliphatic carbocycles. The maximum Gasteiger partial charge on any atom is 0.122 e. The Morgan fingerprint density at radius 1 is 0.952 bits per heavy atom. The molecule has 0 fully saturated rings. The van der Waals surface area contributed by atoms with Crippen molar-refractivity contribution >= 4 is 11.6 Å². The van der Waals surface area contributed by atoms with Crippen LogP contribution >= 0.6 is 11.6 Å². The average Bonchev–Trinajstić information content (AvgIpc) is 2.96. The Morgan fingerprint density at radius 3 is 2.19 bits per heavy atom. The van der Waals surface area contributed by atoms with E-state index in [9.17, 15) is 0 Å². The third-order valence-corrected chi connectivity index (χ3v) is 3.72. The van der Waals surface area contributed by atoms with Crippen LogP contribution in [0.1, 0.15) is 11.4 Å². The third-order valence-electron chi connectivity index (χ3n) is 3.47. The van der Waals surface area contributed by atoms with Gasteiger partial charge in [-0.2, -0.15) is 0 Å². The second-order valence-electron chi connectivity index (χ2n) is 4.88. The van der Waals surface area contributed by atoms with Crippen molar-refractivity contribution in [3.63, 3.8) is 0 Å². The lowest BCUT2D eigenvalue weighted by Gasteiger charge is -2.08. The lowest BCUT2D eigenvalue weighted by atomic mass is 10.0. The number of hydrogen-bond acceptors (Lipinski definition) is 2. The van der Waals surface area contributed by atoms with Crippen molar-refractivity contribution in [3.05, 3.63) is 77.3 Å². The molecule has 0 saturated carbocycles. The fourth-order valence-corrected chi connectivity index (χ4v) is 2.44. The molecule has 0 aliphatic rings. The Balaban J connectivity index is 1.79. The molecular formula is C17H16ClN3. The molecule has 0 bridgehead atoms. The fourth-order valence-electron chi connectivity index (χ4n) is 2.32. The molecule has 1 aromatic heterocycles. The minimum absolute atomic E-state index is 0.454. The summed E-state index contributed by atoms with van der Waals surface area (Å²) < 4.78 is 2.07. The summed E-state index contributed by atoms with van der Waals surface area (Å²) in [5.74, 6) is 0.900. The molecule has 2 aromatic carbocycles. The Hall–Kier alpha value is -2.10. The lowest BCUT2D eigenvalue weighted by Crippen LogP contribution is -2.08. The van der Waals surface area contributed by atoms with Gasteiger partial charge in [0.05, 0.1) is 6.54 Å². The summed E-state index contributed by atoms with van der Waals surface area (Å²) in [6.45, 7) is 1.24. The number of halogens is 1. The van der Waals surface area contributed by atoms with Crippen molar-refractivity contribution in [2.45, 2.75) is 13.1 Å². The van der Waals surface area contributed by atoms with Gasteiger partial charge in [0.15, 0.2) is 0 Å².